The lowest BCUT2D eigenvalue weighted by atomic mass is 10.0. The van der Waals surface area contributed by atoms with Crippen molar-refractivity contribution in [1.82, 2.24) is 0 Å². The van der Waals surface area contributed by atoms with Crippen molar-refractivity contribution < 1.29 is 10.2 Å². The maximum absolute atomic E-state index is 9.66. The molecule has 0 bridgehead atoms. The second-order valence-corrected chi connectivity index (χ2v) is 5.14. The Kier molecular flexibility index (Phi) is 8.58. The first-order valence-corrected chi connectivity index (χ1v) is 6.54. The Morgan fingerprint density at radius 1 is 1.12 bits per heavy atom. The quantitative estimate of drug-likeness (QED) is 0.469. The van der Waals surface area contributed by atoms with E-state index in [4.69, 9.17) is 0 Å². The molecule has 0 aliphatic rings. The molecule has 0 aromatic rings. The van der Waals surface area contributed by atoms with Gasteiger partial charge in [-0.2, -0.15) is 0 Å². The summed E-state index contributed by atoms with van der Waals surface area (Å²) >= 11 is 0. The number of rotatable bonds is 9. The van der Waals surface area contributed by atoms with Gasteiger partial charge in [0.05, 0.1) is 11.7 Å². The van der Waals surface area contributed by atoms with Crippen LogP contribution in [0, 0.1) is 0 Å². The van der Waals surface area contributed by atoms with Gasteiger partial charge in [-0.25, -0.2) is 0 Å². The Bertz CT molecular complexity index is 180. The maximum atomic E-state index is 9.66. The molecular formula is C14H28O2. The molecule has 0 aliphatic heterocycles. The van der Waals surface area contributed by atoms with Gasteiger partial charge in [-0.15, -0.1) is 0 Å². The van der Waals surface area contributed by atoms with Crippen molar-refractivity contribution in [2.75, 3.05) is 0 Å². The smallest absolute Gasteiger partial charge is 0.0771 e. The number of aliphatic hydroxyl groups is 2. The molecule has 2 nitrogen and oxygen atoms in total. The van der Waals surface area contributed by atoms with Crippen molar-refractivity contribution in [3.63, 3.8) is 0 Å². The lowest BCUT2D eigenvalue weighted by Gasteiger charge is -2.11. The average molecular weight is 228 g/mol. The Hall–Kier alpha value is -0.340. The third-order valence-electron chi connectivity index (χ3n) is 2.57. The van der Waals surface area contributed by atoms with E-state index in [9.17, 15) is 10.2 Å². The van der Waals surface area contributed by atoms with Gasteiger partial charge in [-0.1, -0.05) is 38.3 Å². The van der Waals surface area contributed by atoms with Crippen molar-refractivity contribution in [2.24, 2.45) is 0 Å². The van der Waals surface area contributed by atoms with Crippen LogP contribution in [0.3, 0.4) is 0 Å². The Morgan fingerprint density at radius 3 is 2.31 bits per heavy atom. The maximum Gasteiger partial charge on any atom is 0.0771 e. The van der Waals surface area contributed by atoms with Crippen molar-refractivity contribution in [3.05, 3.63) is 12.2 Å². The highest BCUT2D eigenvalue weighted by atomic mass is 16.3. The minimum atomic E-state index is -0.709. The molecule has 0 aliphatic carbocycles. The van der Waals surface area contributed by atoms with E-state index in [1.807, 2.05) is 12.2 Å². The van der Waals surface area contributed by atoms with Gasteiger partial charge >= 0.3 is 0 Å². The Labute approximate surface area is 100 Å². The predicted molar refractivity (Wildman–Crippen MR) is 69.4 cm³/mol. The largest absolute Gasteiger partial charge is 0.393 e. The summed E-state index contributed by atoms with van der Waals surface area (Å²) in [4.78, 5) is 0. The normalized spacial score (nSPS) is 14.6. The number of aliphatic hydroxyl groups excluding tert-OH is 1. The molecule has 2 N–H and O–H groups in total. The highest BCUT2D eigenvalue weighted by Crippen LogP contribution is 2.11. The van der Waals surface area contributed by atoms with Crippen LogP contribution in [0.1, 0.15) is 65.7 Å². The van der Waals surface area contributed by atoms with Crippen LogP contribution < -0.4 is 0 Å². The zero-order chi connectivity index (χ0) is 12.4. The van der Waals surface area contributed by atoms with Crippen LogP contribution in [0.5, 0.6) is 0 Å². The van der Waals surface area contributed by atoms with Crippen LogP contribution in [-0.2, 0) is 0 Å². The molecule has 0 amide bonds. The molecular weight excluding hydrogens is 200 g/mol. The summed E-state index contributed by atoms with van der Waals surface area (Å²) in [5.41, 5.74) is -0.709. The Balaban J connectivity index is 3.40. The van der Waals surface area contributed by atoms with Crippen molar-refractivity contribution >= 4 is 0 Å². The lowest BCUT2D eigenvalue weighted by Crippen LogP contribution is -2.13. The van der Waals surface area contributed by atoms with Gasteiger partial charge in [0, 0.05) is 0 Å². The first kappa shape index (κ1) is 15.7. The molecule has 16 heavy (non-hydrogen) atoms. The van der Waals surface area contributed by atoms with Gasteiger partial charge in [0.25, 0.3) is 0 Å². The third kappa shape index (κ3) is 11.7. The first-order valence-electron chi connectivity index (χ1n) is 6.54. The van der Waals surface area contributed by atoms with Gasteiger partial charge in [-0.3, -0.25) is 0 Å². The molecule has 0 saturated carbocycles. The molecule has 2 heteroatoms. The van der Waals surface area contributed by atoms with Crippen LogP contribution in [0.25, 0.3) is 0 Å². The summed E-state index contributed by atoms with van der Waals surface area (Å²) in [7, 11) is 0. The van der Waals surface area contributed by atoms with Crippen LogP contribution in [0.2, 0.25) is 0 Å². The second kappa shape index (κ2) is 8.77. The average Bonchev–Trinajstić information content (AvgIpc) is 2.16. The zero-order valence-electron chi connectivity index (χ0n) is 11.1. The number of hydrogen-bond donors (Lipinski definition) is 2. The number of unbranched alkanes of at least 4 members (excludes halogenated alkanes) is 3. The van der Waals surface area contributed by atoms with Gasteiger partial charge in [0.2, 0.25) is 0 Å². The fourth-order valence-electron chi connectivity index (χ4n) is 1.62. The molecule has 1 atom stereocenters. The molecule has 0 spiro atoms. The minimum Gasteiger partial charge on any atom is -0.393 e. The van der Waals surface area contributed by atoms with E-state index in [1.165, 1.54) is 12.8 Å². The van der Waals surface area contributed by atoms with E-state index in [2.05, 4.69) is 6.92 Å². The zero-order valence-corrected chi connectivity index (χ0v) is 11.1. The number of hydrogen-bond acceptors (Lipinski definition) is 2. The molecule has 96 valence electrons. The fraction of sp³-hybridized carbons (Fsp3) is 0.857. The molecule has 0 radical (unpaired) electrons. The highest BCUT2D eigenvalue weighted by molar-refractivity contribution is 4.94. The molecule has 1 unspecified atom stereocenters. The summed E-state index contributed by atoms with van der Waals surface area (Å²) in [5.74, 6) is 0. The monoisotopic (exact) mass is 228 g/mol. The van der Waals surface area contributed by atoms with E-state index in [-0.39, 0.29) is 6.10 Å². The lowest BCUT2D eigenvalue weighted by molar-refractivity contribution is 0.132. The van der Waals surface area contributed by atoms with Gasteiger partial charge in [-0.05, 0) is 39.5 Å². The van der Waals surface area contributed by atoms with E-state index in [0.717, 1.165) is 32.1 Å². The van der Waals surface area contributed by atoms with Gasteiger partial charge in [0.15, 0.2) is 0 Å². The minimum absolute atomic E-state index is 0.137. The van der Waals surface area contributed by atoms with Crippen molar-refractivity contribution in [2.45, 2.75) is 77.4 Å². The summed E-state index contributed by atoms with van der Waals surface area (Å²) in [6.45, 7) is 5.71. The Morgan fingerprint density at radius 2 is 1.75 bits per heavy atom. The van der Waals surface area contributed by atoms with Gasteiger partial charge < -0.3 is 10.2 Å². The topological polar surface area (TPSA) is 40.5 Å². The summed E-state index contributed by atoms with van der Waals surface area (Å²) in [6, 6.07) is 0. The van der Waals surface area contributed by atoms with E-state index in [0.29, 0.717) is 0 Å². The summed E-state index contributed by atoms with van der Waals surface area (Å²) in [5, 5.41) is 19.1. The first-order chi connectivity index (χ1) is 7.45. The molecule has 0 heterocycles. The van der Waals surface area contributed by atoms with E-state index < -0.39 is 5.60 Å². The van der Waals surface area contributed by atoms with Crippen LogP contribution in [0.15, 0.2) is 12.2 Å². The van der Waals surface area contributed by atoms with Crippen molar-refractivity contribution in [1.29, 1.82) is 0 Å². The SMILES string of the molecule is CCCCCC(O)CCC/C=C/C(C)(C)O. The van der Waals surface area contributed by atoms with Crippen molar-refractivity contribution in [3.8, 4) is 0 Å². The van der Waals surface area contributed by atoms with E-state index >= 15 is 0 Å². The standard InChI is InChI=1S/C14H28O2/c1-4-5-7-10-13(15)11-8-6-9-12-14(2,3)16/h9,12-13,15-16H,4-8,10-11H2,1-3H3/b12-9+. The predicted octanol–water partition coefficient (Wildman–Crippen LogP) is 3.43. The summed E-state index contributed by atoms with van der Waals surface area (Å²) < 4.78 is 0. The molecule has 0 aromatic heterocycles. The molecule has 0 rings (SSSR count). The van der Waals surface area contributed by atoms with Crippen LogP contribution >= 0.6 is 0 Å². The number of allylic oxidation sites excluding steroid dienone is 1. The van der Waals surface area contributed by atoms with E-state index in [1.54, 1.807) is 13.8 Å². The molecule has 0 aromatic carbocycles. The molecule has 0 saturated heterocycles. The second-order valence-electron chi connectivity index (χ2n) is 5.14. The van der Waals surface area contributed by atoms with Crippen LogP contribution in [0.4, 0.5) is 0 Å². The third-order valence-corrected chi connectivity index (χ3v) is 2.57. The summed E-state index contributed by atoms with van der Waals surface area (Å²) in [6.07, 6.45) is 11.0. The molecule has 0 fully saturated rings. The van der Waals surface area contributed by atoms with Gasteiger partial charge in [0.1, 0.15) is 0 Å². The van der Waals surface area contributed by atoms with Crippen LogP contribution in [-0.4, -0.2) is 21.9 Å². The fourth-order valence-corrected chi connectivity index (χ4v) is 1.62. The highest BCUT2D eigenvalue weighted by Gasteiger charge is 2.05.